The number of unbranched alkanes of at least 4 members (excludes halogenated alkanes) is 2. The quantitative estimate of drug-likeness (QED) is 0.155. The molecule has 2 fully saturated rings. The van der Waals surface area contributed by atoms with E-state index in [1.807, 2.05) is 32.2 Å². The fourth-order valence-corrected chi connectivity index (χ4v) is 7.54. The lowest BCUT2D eigenvalue weighted by Gasteiger charge is -2.36. The number of imide groups is 1. The van der Waals surface area contributed by atoms with Crippen LogP contribution in [-0.4, -0.2) is 81.0 Å². The number of amides is 3. The van der Waals surface area contributed by atoms with Crippen LogP contribution >= 0.6 is 11.3 Å². The van der Waals surface area contributed by atoms with Gasteiger partial charge in [0, 0.05) is 36.9 Å². The molecule has 49 heavy (non-hydrogen) atoms. The SMILES string of the molecule is CC(=Cc1csc(C)n1)C1CC2OC2(C)CCCC(C)C(OC(=O)CCCCCN2C(=O)C=CC2=O)C(C)C(=O)C(C)(C)C(O)CC(=O)N1. The van der Waals surface area contributed by atoms with E-state index in [1.54, 1.807) is 32.1 Å². The summed E-state index contributed by atoms with van der Waals surface area (Å²) in [5.74, 6) is -2.57. The van der Waals surface area contributed by atoms with Crippen molar-refractivity contribution in [2.45, 2.75) is 136 Å². The Bertz CT molecular complexity index is 1450. The highest BCUT2D eigenvalue weighted by Gasteiger charge is 2.52. The van der Waals surface area contributed by atoms with Crippen molar-refractivity contribution in [1.29, 1.82) is 0 Å². The number of aromatic nitrogens is 1. The second-order valence-electron chi connectivity index (χ2n) is 14.8. The summed E-state index contributed by atoms with van der Waals surface area (Å²) in [6.07, 6.45) is 6.88. The van der Waals surface area contributed by atoms with Crippen LogP contribution < -0.4 is 5.32 Å². The summed E-state index contributed by atoms with van der Waals surface area (Å²) in [5, 5.41) is 17.3. The third-order valence-corrected chi connectivity index (χ3v) is 11.3. The van der Waals surface area contributed by atoms with E-state index < -0.39 is 29.5 Å². The van der Waals surface area contributed by atoms with Gasteiger partial charge in [-0.25, -0.2) is 4.98 Å². The van der Waals surface area contributed by atoms with E-state index in [0.717, 1.165) is 29.1 Å². The molecule has 0 radical (unpaired) electrons. The van der Waals surface area contributed by atoms with Gasteiger partial charge in [-0.2, -0.15) is 0 Å². The van der Waals surface area contributed by atoms with E-state index >= 15 is 0 Å². The molecule has 7 unspecified atom stereocenters. The largest absolute Gasteiger partial charge is 0.461 e. The van der Waals surface area contributed by atoms with Crippen molar-refractivity contribution in [3.05, 3.63) is 33.8 Å². The first-order valence-electron chi connectivity index (χ1n) is 17.5. The normalized spacial score (nSPS) is 31.4. The second kappa shape index (κ2) is 16.2. The molecule has 4 rings (SSSR count). The van der Waals surface area contributed by atoms with Crippen LogP contribution in [0.4, 0.5) is 0 Å². The first-order valence-corrected chi connectivity index (χ1v) is 18.4. The summed E-state index contributed by atoms with van der Waals surface area (Å²) in [6.45, 7) is 13.3. The number of carbonyl (C=O) groups excluding carboxylic acids is 5. The number of rotatable bonds is 9. The number of nitrogens with zero attached hydrogens (tertiary/aromatic N) is 2. The lowest BCUT2D eigenvalue weighted by atomic mass is 9.72. The van der Waals surface area contributed by atoms with Crippen LogP contribution in [0.25, 0.3) is 6.08 Å². The summed E-state index contributed by atoms with van der Waals surface area (Å²) in [5.41, 5.74) is 0.126. The maximum Gasteiger partial charge on any atom is 0.306 e. The number of carbonyl (C=O) groups is 5. The molecule has 0 saturated carbocycles. The zero-order valence-corrected chi connectivity index (χ0v) is 30.8. The first kappa shape index (κ1) is 38.6. The number of aliphatic hydroxyl groups is 1. The van der Waals surface area contributed by atoms with Crippen molar-refractivity contribution in [3.8, 4) is 0 Å². The number of aryl methyl sites for hydroxylation is 1. The number of hydrogen-bond donors (Lipinski definition) is 2. The molecule has 7 atom stereocenters. The highest BCUT2D eigenvalue weighted by Crippen LogP contribution is 2.44. The highest BCUT2D eigenvalue weighted by atomic mass is 32.1. The number of nitrogens with one attached hydrogen (secondary N) is 1. The van der Waals surface area contributed by atoms with E-state index in [4.69, 9.17) is 9.47 Å². The number of ketones is 1. The monoisotopic (exact) mass is 699 g/mol. The number of epoxide rings is 1. The molecule has 0 aromatic carbocycles. The minimum absolute atomic E-state index is 0.0602. The third kappa shape index (κ3) is 9.94. The van der Waals surface area contributed by atoms with Gasteiger partial charge in [0.25, 0.3) is 11.8 Å². The molecule has 270 valence electrons. The standard InChI is InChI=1S/C37H53N3O8S/c1-22-12-11-16-37(7)29(48-37)19-27(23(2)18-26-21-49-25(4)38-26)39-30(42)20-28(41)36(5,6)35(46)24(3)34(22)47-33(45)13-9-8-10-17-40-31(43)14-15-32(40)44/h14-15,18,21-22,24,27-29,34,41H,8-13,16-17,19-20H2,1-7H3,(H,39,42). The number of Topliss-reactive ketones (excluding diaryl/α,β-unsaturated/α-hetero) is 1. The van der Waals surface area contributed by atoms with Crippen LogP contribution in [0.15, 0.2) is 23.1 Å². The van der Waals surface area contributed by atoms with E-state index in [2.05, 4.69) is 17.2 Å². The average molecular weight is 700 g/mol. The molecular weight excluding hydrogens is 646 g/mol. The molecule has 3 aliphatic rings. The molecule has 12 heteroatoms. The van der Waals surface area contributed by atoms with Crippen LogP contribution in [0.2, 0.25) is 0 Å². The second-order valence-corrected chi connectivity index (χ2v) is 15.9. The molecule has 0 bridgehead atoms. The predicted octanol–water partition coefficient (Wildman–Crippen LogP) is 5.09. The number of fused-ring (bicyclic) bond motifs is 1. The van der Waals surface area contributed by atoms with Crippen LogP contribution in [0.3, 0.4) is 0 Å². The van der Waals surface area contributed by atoms with E-state index in [-0.39, 0.29) is 60.0 Å². The Hall–Kier alpha value is -3.22. The Labute approximate surface area is 293 Å². The zero-order valence-electron chi connectivity index (χ0n) is 30.0. The van der Waals surface area contributed by atoms with Crippen molar-refractivity contribution in [1.82, 2.24) is 15.2 Å². The fourth-order valence-electron chi connectivity index (χ4n) is 6.97. The van der Waals surface area contributed by atoms with E-state index in [9.17, 15) is 29.1 Å². The molecule has 1 aromatic rings. The maximum absolute atomic E-state index is 14.0. The fraction of sp³-hybridized carbons (Fsp3) is 0.676. The number of aliphatic hydroxyl groups excluding tert-OH is 1. The van der Waals surface area contributed by atoms with Gasteiger partial charge in [-0.3, -0.25) is 28.9 Å². The van der Waals surface area contributed by atoms with Crippen molar-refractivity contribution < 1.29 is 38.6 Å². The molecular formula is C37H53N3O8S. The molecule has 1 aromatic heterocycles. The maximum atomic E-state index is 14.0. The molecule has 0 spiro atoms. The predicted molar refractivity (Wildman–Crippen MR) is 186 cm³/mol. The molecule has 2 N–H and O–H groups in total. The van der Waals surface area contributed by atoms with Gasteiger partial charge in [0.15, 0.2) is 0 Å². The van der Waals surface area contributed by atoms with Gasteiger partial charge >= 0.3 is 5.97 Å². The van der Waals surface area contributed by atoms with Gasteiger partial charge in [0.1, 0.15) is 11.9 Å². The highest BCUT2D eigenvalue weighted by molar-refractivity contribution is 7.09. The average Bonchev–Trinajstić information content (AvgIpc) is 3.28. The summed E-state index contributed by atoms with van der Waals surface area (Å²) in [6, 6.07) is -0.330. The summed E-state index contributed by atoms with van der Waals surface area (Å²) < 4.78 is 12.2. The van der Waals surface area contributed by atoms with Gasteiger partial charge in [-0.15, -0.1) is 11.3 Å². The van der Waals surface area contributed by atoms with Gasteiger partial charge < -0.3 is 19.9 Å². The van der Waals surface area contributed by atoms with Gasteiger partial charge in [-0.05, 0) is 64.0 Å². The van der Waals surface area contributed by atoms with Crippen molar-refractivity contribution in [3.63, 3.8) is 0 Å². The number of hydrogen-bond acceptors (Lipinski definition) is 10. The van der Waals surface area contributed by atoms with Gasteiger partial charge in [-0.1, -0.05) is 40.5 Å². The molecule has 0 aliphatic carbocycles. The van der Waals surface area contributed by atoms with Gasteiger partial charge in [0.2, 0.25) is 5.91 Å². The smallest absolute Gasteiger partial charge is 0.306 e. The Morgan fingerprint density at radius 1 is 1.14 bits per heavy atom. The first-order chi connectivity index (χ1) is 23.0. The van der Waals surface area contributed by atoms with E-state index in [1.165, 1.54) is 17.1 Å². The van der Waals surface area contributed by atoms with Crippen LogP contribution in [0, 0.1) is 24.2 Å². The number of ether oxygens (including phenoxy) is 2. The minimum Gasteiger partial charge on any atom is -0.461 e. The van der Waals surface area contributed by atoms with E-state index in [0.29, 0.717) is 38.6 Å². The molecule has 3 aliphatic heterocycles. The van der Waals surface area contributed by atoms with Crippen LogP contribution in [0.5, 0.6) is 0 Å². The summed E-state index contributed by atoms with van der Waals surface area (Å²) in [7, 11) is 0. The molecule has 11 nitrogen and oxygen atoms in total. The molecule has 3 amide bonds. The summed E-state index contributed by atoms with van der Waals surface area (Å²) in [4.78, 5) is 69.7. The van der Waals surface area contributed by atoms with Crippen LogP contribution in [0.1, 0.15) is 110 Å². The molecule has 2 saturated heterocycles. The zero-order chi connectivity index (χ0) is 36.1. The Kier molecular flexibility index (Phi) is 12.8. The Morgan fingerprint density at radius 3 is 2.49 bits per heavy atom. The minimum atomic E-state index is -1.28. The Morgan fingerprint density at radius 2 is 1.84 bits per heavy atom. The lowest BCUT2D eigenvalue weighted by Crippen LogP contribution is -2.48. The topological polar surface area (TPSA) is 156 Å². The van der Waals surface area contributed by atoms with Gasteiger partial charge in [0.05, 0.1) is 52.3 Å². The number of esters is 1. The summed E-state index contributed by atoms with van der Waals surface area (Å²) >= 11 is 1.56. The molecule has 4 heterocycles. The van der Waals surface area contributed by atoms with Crippen molar-refractivity contribution in [2.24, 2.45) is 17.3 Å². The van der Waals surface area contributed by atoms with Crippen molar-refractivity contribution >= 4 is 46.9 Å². The number of thiazole rings is 1. The van der Waals surface area contributed by atoms with Crippen molar-refractivity contribution in [2.75, 3.05) is 6.54 Å². The Balaban J connectivity index is 1.43. The lowest BCUT2D eigenvalue weighted by molar-refractivity contribution is -0.160. The van der Waals surface area contributed by atoms with Crippen LogP contribution in [-0.2, 0) is 33.4 Å². The third-order valence-electron chi connectivity index (χ3n) is 10.5.